The number of hydrogen-bond donors (Lipinski definition) is 2. The lowest BCUT2D eigenvalue weighted by Gasteiger charge is -2.07. The molecule has 3 rings (SSSR count). The molecule has 2 aromatic carbocycles. The molecule has 0 spiro atoms. The maximum absolute atomic E-state index is 9.51. The molecular formula is C18H20N2O2. The number of aromatic hydroxyl groups is 1. The highest BCUT2D eigenvalue weighted by atomic mass is 16.5. The van der Waals surface area contributed by atoms with Crippen LogP contribution in [0.15, 0.2) is 48.7 Å². The third-order valence-corrected chi connectivity index (χ3v) is 3.84. The Kier molecular flexibility index (Phi) is 4.02. The molecule has 0 aliphatic rings. The Morgan fingerprint density at radius 2 is 1.95 bits per heavy atom. The van der Waals surface area contributed by atoms with E-state index in [2.05, 4.69) is 29.8 Å². The molecule has 0 aliphatic heterocycles. The Balaban J connectivity index is 1.96. The Bertz CT molecular complexity index is 793. The molecule has 0 unspecified atom stereocenters. The van der Waals surface area contributed by atoms with Crippen LogP contribution in [0.5, 0.6) is 11.5 Å². The van der Waals surface area contributed by atoms with Crippen molar-refractivity contribution in [1.29, 1.82) is 0 Å². The number of nitrogens with two attached hydrogens (primary N) is 1. The molecule has 0 atom stereocenters. The normalized spacial score (nSPS) is 11.0. The van der Waals surface area contributed by atoms with Crippen LogP contribution in [-0.2, 0) is 19.7 Å². The second-order valence-corrected chi connectivity index (χ2v) is 5.24. The van der Waals surface area contributed by atoms with Crippen LogP contribution in [0.4, 0.5) is 0 Å². The zero-order chi connectivity index (χ0) is 15.5. The summed E-state index contributed by atoms with van der Waals surface area (Å²) < 4.78 is 8.03. The van der Waals surface area contributed by atoms with Crippen LogP contribution in [-0.4, -0.2) is 9.67 Å². The minimum Gasteiger partial charge on any atom is -0.508 e. The van der Waals surface area contributed by atoms with Gasteiger partial charge in [-0.25, -0.2) is 0 Å². The number of phenolic OH excluding ortho intramolecular Hbond substituents is 1. The fourth-order valence-electron chi connectivity index (χ4n) is 2.79. The van der Waals surface area contributed by atoms with Crippen molar-refractivity contribution in [2.45, 2.75) is 26.6 Å². The Labute approximate surface area is 129 Å². The molecule has 1 heterocycles. The van der Waals surface area contributed by atoms with Crippen LogP contribution in [0.3, 0.4) is 0 Å². The number of ether oxygens (including phenoxy) is 1. The summed E-state index contributed by atoms with van der Waals surface area (Å²) in [7, 11) is 0. The van der Waals surface area contributed by atoms with Gasteiger partial charge in [-0.15, -0.1) is 0 Å². The van der Waals surface area contributed by atoms with Crippen molar-refractivity contribution in [2.75, 3.05) is 0 Å². The molecule has 4 heteroatoms. The van der Waals surface area contributed by atoms with Crippen LogP contribution in [0.25, 0.3) is 10.9 Å². The van der Waals surface area contributed by atoms with Gasteiger partial charge in [-0.3, -0.25) is 0 Å². The summed E-state index contributed by atoms with van der Waals surface area (Å²) in [6.07, 6.45) is 2.12. The molecule has 0 amide bonds. The Morgan fingerprint density at radius 3 is 2.68 bits per heavy atom. The third kappa shape index (κ3) is 2.65. The maximum Gasteiger partial charge on any atom is 0.123 e. The minimum absolute atomic E-state index is 0.205. The minimum atomic E-state index is 0.205. The van der Waals surface area contributed by atoms with E-state index in [4.69, 9.17) is 10.5 Å². The SMILES string of the molecule is CCn1cc(COc2cccc(O)c2)c2c(CN)cccc21. The van der Waals surface area contributed by atoms with Crippen molar-refractivity contribution in [3.8, 4) is 11.5 Å². The lowest BCUT2D eigenvalue weighted by molar-refractivity contribution is 0.305. The van der Waals surface area contributed by atoms with Crippen molar-refractivity contribution < 1.29 is 9.84 Å². The molecule has 3 N–H and O–H groups in total. The van der Waals surface area contributed by atoms with Gasteiger partial charge in [0.2, 0.25) is 0 Å². The molecule has 0 bridgehead atoms. The molecule has 0 aliphatic carbocycles. The second kappa shape index (κ2) is 6.12. The molecule has 22 heavy (non-hydrogen) atoms. The molecule has 0 saturated heterocycles. The van der Waals surface area contributed by atoms with E-state index in [0.717, 1.165) is 17.7 Å². The van der Waals surface area contributed by atoms with Gasteiger partial charge < -0.3 is 20.1 Å². The summed E-state index contributed by atoms with van der Waals surface area (Å²) in [6, 6.07) is 13.0. The highest BCUT2D eigenvalue weighted by Gasteiger charge is 2.11. The predicted octanol–water partition coefficient (Wildman–Crippen LogP) is 3.40. The largest absolute Gasteiger partial charge is 0.508 e. The van der Waals surface area contributed by atoms with Crippen molar-refractivity contribution >= 4 is 10.9 Å². The van der Waals surface area contributed by atoms with Gasteiger partial charge in [0.1, 0.15) is 18.1 Å². The smallest absolute Gasteiger partial charge is 0.123 e. The van der Waals surface area contributed by atoms with Gasteiger partial charge in [0, 0.05) is 41.8 Å². The molecule has 0 fully saturated rings. The Hall–Kier alpha value is -2.46. The number of benzene rings is 2. The van der Waals surface area contributed by atoms with Crippen molar-refractivity contribution in [1.82, 2.24) is 4.57 Å². The van der Waals surface area contributed by atoms with Gasteiger partial charge in [-0.05, 0) is 30.7 Å². The average Bonchev–Trinajstić information content (AvgIpc) is 2.91. The van der Waals surface area contributed by atoms with Crippen molar-refractivity contribution in [3.63, 3.8) is 0 Å². The van der Waals surface area contributed by atoms with E-state index in [1.807, 2.05) is 12.1 Å². The molecule has 0 saturated carbocycles. The number of fused-ring (bicyclic) bond motifs is 1. The first-order chi connectivity index (χ1) is 10.7. The zero-order valence-electron chi connectivity index (χ0n) is 12.6. The third-order valence-electron chi connectivity index (χ3n) is 3.84. The van der Waals surface area contributed by atoms with Gasteiger partial charge >= 0.3 is 0 Å². The summed E-state index contributed by atoms with van der Waals surface area (Å²) in [5.74, 6) is 0.860. The number of hydrogen-bond acceptors (Lipinski definition) is 3. The number of phenols is 1. The van der Waals surface area contributed by atoms with E-state index in [9.17, 15) is 5.11 Å². The Morgan fingerprint density at radius 1 is 1.14 bits per heavy atom. The van der Waals surface area contributed by atoms with E-state index in [-0.39, 0.29) is 5.75 Å². The summed E-state index contributed by atoms with van der Waals surface area (Å²) in [5.41, 5.74) is 9.30. The van der Waals surface area contributed by atoms with Gasteiger partial charge in [-0.2, -0.15) is 0 Å². The van der Waals surface area contributed by atoms with Crippen LogP contribution in [0.1, 0.15) is 18.1 Å². The maximum atomic E-state index is 9.51. The summed E-state index contributed by atoms with van der Waals surface area (Å²) in [4.78, 5) is 0. The van der Waals surface area contributed by atoms with Crippen LogP contribution >= 0.6 is 0 Å². The fraction of sp³-hybridized carbons (Fsp3) is 0.222. The van der Waals surface area contributed by atoms with Gasteiger partial charge in [0.25, 0.3) is 0 Å². The van der Waals surface area contributed by atoms with E-state index in [0.29, 0.717) is 18.9 Å². The fourth-order valence-corrected chi connectivity index (χ4v) is 2.79. The molecule has 1 aromatic heterocycles. The van der Waals surface area contributed by atoms with E-state index >= 15 is 0 Å². The molecule has 114 valence electrons. The molecular weight excluding hydrogens is 276 g/mol. The molecule has 0 radical (unpaired) electrons. The lowest BCUT2D eigenvalue weighted by Crippen LogP contribution is -1.99. The standard InChI is InChI=1S/C18H20N2O2/c1-2-20-11-14(12-22-16-7-4-6-15(21)9-16)18-13(10-19)5-3-8-17(18)20/h3-9,11,21H,2,10,12,19H2,1H3. The average molecular weight is 296 g/mol. The first-order valence-electron chi connectivity index (χ1n) is 7.44. The van der Waals surface area contributed by atoms with Gasteiger partial charge in [0.05, 0.1) is 0 Å². The first-order valence-corrected chi connectivity index (χ1v) is 7.44. The van der Waals surface area contributed by atoms with Crippen LogP contribution in [0, 0.1) is 0 Å². The predicted molar refractivity (Wildman–Crippen MR) is 87.9 cm³/mol. The first kappa shape index (κ1) is 14.5. The molecule has 4 nitrogen and oxygen atoms in total. The quantitative estimate of drug-likeness (QED) is 0.758. The topological polar surface area (TPSA) is 60.4 Å². The second-order valence-electron chi connectivity index (χ2n) is 5.24. The molecule has 3 aromatic rings. The summed E-state index contributed by atoms with van der Waals surface area (Å²) in [5, 5.41) is 10.7. The van der Waals surface area contributed by atoms with Gasteiger partial charge in [0.15, 0.2) is 0 Å². The monoisotopic (exact) mass is 296 g/mol. The van der Waals surface area contributed by atoms with E-state index in [1.54, 1.807) is 18.2 Å². The lowest BCUT2D eigenvalue weighted by atomic mass is 10.1. The highest BCUT2D eigenvalue weighted by molar-refractivity contribution is 5.87. The number of aryl methyl sites for hydroxylation is 1. The van der Waals surface area contributed by atoms with Gasteiger partial charge in [-0.1, -0.05) is 18.2 Å². The number of nitrogens with zero attached hydrogens (tertiary/aromatic N) is 1. The highest BCUT2D eigenvalue weighted by Crippen LogP contribution is 2.27. The summed E-state index contributed by atoms with van der Waals surface area (Å²) >= 11 is 0. The number of aromatic nitrogens is 1. The van der Waals surface area contributed by atoms with Crippen LogP contribution < -0.4 is 10.5 Å². The zero-order valence-corrected chi connectivity index (χ0v) is 12.6. The summed E-state index contributed by atoms with van der Waals surface area (Å²) in [6.45, 7) is 3.97. The van der Waals surface area contributed by atoms with E-state index < -0.39 is 0 Å². The van der Waals surface area contributed by atoms with E-state index in [1.165, 1.54) is 10.9 Å². The van der Waals surface area contributed by atoms with Crippen molar-refractivity contribution in [2.24, 2.45) is 5.73 Å². The van der Waals surface area contributed by atoms with Crippen LogP contribution in [0.2, 0.25) is 0 Å². The number of rotatable bonds is 5. The van der Waals surface area contributed by atoms with Crippen molar-refractivity contribution in [3.05, 3.63) is 59.8 Å².